The fraction of sp³-hybridized carbons (Fsp3) is 0.278. The highest BCUT2D eigenvalue weighted by Crippen LogP contribution is 2.23. The molecule has 2 aromatic carbocycles. The van der Waals surface area contributed by atoms with Crippen molar-refractivity contribution >= 4 is 17.3 Å². The lowest BCUT2D eigenvalue weighted by Crippen LogP contribution is -2.13. The number of nitrogens with one attached hydrogen (secondary N) is 1. The van der Waals surface area contributed by atoms with Gasteiger partial charge in [0.1, 0.15) is 5.75 Å². The number of carbonyl (C=O) groups is 1. The fourth-order valence-electron chi connectivity index (χ4n) is 2.30. The van der Waals surface area contributed by atoms with Crippen LogP contribution in [0.4, 0.5) is 11.4 Å². The minimum absolute atomic E-state index is 0.00286. The van der Waals surface area contributed by atoms with Crippen molar-refractivity contribution < 1.29 is 9.53 Å². The van der Waals surface area contributed by atoms with Gasteiger partial charge in [0.05, 0.1) is 12.8 Å². The Kier molecular flexibility index (Phi) is 5.04. The maximum atomic E-state index is 12.1. The van der Waals surface area contributed by atoms with Gasteiger partial charge in [-0.1, -0.05) is 18.2 Å². The molecule has 0 aliphatic heterocycles. The number of carbonyl (C=O) groups excluding carboxylic acids is 1. The highest BCUT2D eigenvalue weighted by molar-refractivity contribution is 5.91. The zero-order chi connectivity index (χ0) is 16.1. The molecule has 0 radical (unpaired) electrons. The van der Waals surface area contributed by atoms with E-state index in [0.29, 0.717) is 24.3 Å². The highest BCUT2D eigenvalue weighted by Gasteiger charge is 2.07. The van der Waals surface area contributed by atoms with Crippen LogP contribution in [0.25, 0.3) is 0 Å². The highest BCUT2D eigenvalue weighted by atomic mass is 16.5. The standard InChI is InChI=1S/C18H22N2O2/c1-12-5-4-6-16(13(12)2)20-18(21)10-8-14-7-9-17(22-3)15(19)11-14/h4-7,9,11H,8,10,19H2,1-3H3,(H,20,21). The van der Waals surface area contributed by atoms with E-state index in [0.717, 1.165) is 16.8 Å². The van der Waals surface area contributed by atoms with E-state index >= 15 is 0 Å². The van der Waals surface area contributed by atoms with Crippen LogP contribution >= 0.6 is 0 Å². The second-order valence-electron chi connectivity index (χ2n) is 5.37. The van der Waals surface area contributed by atoms with Gasteiger partial charge in [0.2, 0.25) is 5.91 Å². The zero-order valence-corrected chi connectivity index (χ0v) is 13.3. The second-order valence-corrected chi connectivity index (χ2v) is 5.37. The second kappa shape index (κ2) is 6.98. The summed E-state index contributed by atoms with van der Waals surface area (Å²) in [5.41, 5.74) is 10.6. The lowest BCUT2D eigenvalue weighted by atomic mass is 10.1. The van der Waals surface area contributed by atoms with Crippen LogP contribution in [0.3, 0.4) is 0 Å². The summed E-state index contributed by atoms with van der Waals surface area (Å²) in [4.78, 5) is 12.1. The molecule has 0 bridgehead atoms. The SMILES string of the molecule is COc1ccc(CCC(=O)Nc2cccc(C)c2C)cc1N. The molecular formula is C18H22N2O2. The number of methoxy groups -OCH3 is 1. The van der Waals surface area contributed by atoms with Gasteiger partial charge in [0.15, 0.2) is 0 Å². The molecule has 0 aromatic heterocycles. The van der Waals surface area contributed by atoms with Crippen LogP contribution in [0, 0.1) is 13.8 Å². The van der Waals surface area contributed by atoms with E-state index in [-0.39, 0.29) is 5.91 Å². The molecule has 3 N–H and O–H groups in total. The molecule has 0 fully saturated rings. The lowest BCUT2D eigenvalue weighted by Gasteiger charge is -2.11. The number of anilines is 2. The summed E-state index contributed by atoms with van der Waals surface area (Å²) in [6.07, 6.45) is 1.06. The summed E-state index contributed by atoms with van der Waals surface area (Å²) < 4.78 is 5.12. The fourth-order valence-corrected chi connectivity index (χ4v) is 2.30. The third-order valence-electron chi connectivity index (χ3n) is 3.81. The van der Waals surface area contributed by atoms with Crippen LogP contribution in [-0.4, -0.2) is 13.0 Å². The van der Waals surface area contributed by atoms with E-state index in [1.54, 1.807) is 7.11 Å². The van der Waals surface area contributed by atoms with Crippen LogP contribution in [0.5, 0.6) is 5.75 Å². The third kappa shape index (κ3) is 3.79. The molecule has 0 saturated carbocycles. The molecule has 0 heterocycles. The number of hydrogen-bond donors (Lipinski definition) is 2. The Balaban J connectivity index is 1.95. The molecule has 1 amide bonds. The molecule has 4 heteroatoms. The van der Waals surface area contributed by atoms with Crippen LogP contribution < -0.4 is 15.8 Å². The van der Waals surface area contributed by atoms with Crippen molar-refractivity contribution in [2.75, 3.05) is 18.2 Å². The van der Waals surface area contributed by atoms with Gasteiger partial charge in [-0.2, -0.15) is 0 Å². The molecule has 2 aromatic rings. The molecule has 0 unspecified atom stereocenters. The van der Waals surface area contributed by atoms with Gasteiger partial charge >= 0.3 is 0 Å². The average Bonchev–Trinajstić information content (AvgIpc) is 2.50. The first kappa shape index (κ1) is 15.9. The number of nitrogens with two attached hydrogens (primary N) is 1. The zero-order valence-electron chi connectivity index (χ0n) is 13.3. The molecule has 0 spiro atoms. The molecule has 0 aliphatic rings. The van der Waals surface area contributed by atoms with E-state index in [9.17, 15) is 4.79 Å². The van der Waals surface area contributed by atoms with Crippen molar-refractivity contribution in [1.82, 2.24) is 0 Å². The predicted molar refractivity (Wildman–Crippen MR) is 90.3 cm³/mol. The third-order valence-corrected chi connectivity index (χ3v) is 3.81. The van der Waals surface area contributed by atoms with Gasteiger partial charge in [0, 0.05) is 12.1 Å². The monoisotopic (exact) mass is 298 g/mol. The summed E-state index contributed by atoms with van der Waals surface area (Å²) in [5, 5.41) is 2.96. The molecule has 0 saturated heterocycles. The van der Waals surface area contributed by atoms with Crippen molar-refractivity contribution in [3.63, 3.8) is 0 Å². The van der Waals surface area contributed by atoms with Crippen molar-refractivity contribution in [3.8, 4) is 5.75 Å². The van der Waals surface area contributed by atoms with Gasteiger partial charge < -0.3 is 15.8 Å². The maximum absolute atomic E-state index is 12.1. The first-order valence-corrected chi connectivity index (χ1v) is 7.29. The molecular weight excluding hydrogens is 276 g/mol. The van der Waals surface area contributed by atoms with Crippen molar-refractivity contribution in [2.24, 2.45) is 0 Å². The first-order chi connectivity index (χ1) is 10.5. The average molecular weight is 298 g/mol. The van der Waals surface area contributed by atoms with Gasteiger partial charge in [-0.05, 0) is 55.2 Å². The lowest BCUT2D eigenvalue weighted by molar-refractivity contribution is -0.116. The Bertz CT molecular complexity index is 681. The Morgan fingerprint density at radius 1 is 1.23 bits per heavy atom. The quantitative estimate of drug-likeness (QED) is 0.831. The van der Waals surface area contributed by atoms with Crippen molar-refractivity contribution in [1.29, 1.82) is 0 Å². The summed E-state index contributed by atoms with van der Waals surface area (Å²) in [6, 6.07) is 11.5. The Labute approximate surface area is 131 Å². The topological polar surface area (TPSA) is 64.3 Å². The Hall–Kier alpha value is -2.49. The van der Waals surface area contributed by atoms with Crippen LogP contribution in [0.15, 0.2) is 36.4 Å². The molecule has 0 aliphatic carbocycles. The number of benzene rings is 2. The van der Waals surface area contributed by atoms with Gasteiger partial charge in [-0.15, -0.1) is 0 Å². The number of aryl methyl sites for hydroxylation is 2. The maximum Gasteiger partial charge on any atom is 0.224 e. The van der Waals surface area contributed by atoms with E-state index in [1.165, 1.54) is 5.56 Å². The van der Waals surface area contributed by atoms with Crippen molar-refractivity contribution in [3.05, 3.63) is 53.1 Å². The molecule has 116 valence electrons. The summed E-state index contributed by atoms with van der Waals surface area (Å²) in [7, 11) is 1.59. The molecule has 0 atom stereocenters. The largest absolute Gasteiger partial charge is 0.495 e. The molecule has 2 rings (SSSR count). The Morgan fingerprint density at radius 2 is 2.00 bits per heavy atom. The minimum Gasteiger partial charge on any atom is -0.495 e. The number of rotatable bonds is 5. The Morgan fingerprint density at radius 3 is 2.68 bits per heavy atom. The normalized spacial score (nSPS) is 10.3. The first-order valence-electron chi connectivity index (χ1n) is 7.29. The number of ether oxygens (including phenoxy) is 1. The number of hydrogen-bond acceptors (Lipinski definition) is 3. The minimum atomic E-state index is 0.00286. The van der Waals surface area contributed by atoms with E-state index in [4.69, 9.17) is 10.5 Å². The molecule has 4 nitrogen and oxygen atoms in total. The summed E-state index contributed by atoms with van der Waals surface area (Å²) in [6.45, 7) is 4.04. The number of nitrogen functional groups attached to an aromatic ring is 1. The number of amides is 1. The van der Waals surface area contributed by atoms with E-state index < -0.39 is 0 Å². The smallest absolute Gasteiger partial charge is 0.224 e. The predicted octanol–water partition coefficient (Wildman–Crippen LogP) is 3.47. The van der Waals surface area contributed by atoms with E-state index in [2.05, 4.69) is 5.32 Å². The van der Waals surface area contributed by atoms with Gasteiger partial charge in [-0.25, -0.2) is 0 Å². The summed E-state index contributed by atoms with van der Waals surface area (Å²) in [5.74, 6) is 0.659. The van der Waals surface area contributed by atoms with Gasteiger partial charge in [0.25, 0.3) is 0 Å². The van der Waals surface area contributed by atoms with Crippen molar-refractivity contribution in [2.45, 2.75) is 26.7 Å². The van der Waals surface area contributed by atoms with Gasteiger partial charge in [-0.3, -0.25) is 4.79 Å². The molecule has 22 heavy (non-hydrogen) atoms. The summed E-state index contributed by atoms with van der Waals surface area (Å²) >= 11 is 0. The van der Waals surface area contributed by atoms with Crippen LogP contribution in [0.1, 0.15) is 23.1 Å². The van der Waals surface area contributed by atoms with Crippen LogP contribution in [0.2, 0.25) is 0 Å². The van der Waals surface area contributed by atoms with Crippen LogP contribution in [-0.2, 0) is 11.2 Å². The van der Waals surface area contributed by atoms with E-state index in [1.807, 2.05) is 50.2 Å².